The zero-order chi connectivity index (χ0) is 34.7. The summed E-state index contributed by atoms with van der Waals surface area (Å²) < 4.78 is 0.871. The Morgan fingerprint density at radius 3 is 1.38 bits per heavy atom. The van der Waals surface area contributed by atoms with Crippen LogP contribution in [0.5, 0.6) is 0 Å². The standard InChI is InChI=1S/C42H83N3O2/c1-6-8-10-12-14-16-18-20-22-23-25-27-29-31-33-37-41(46)44-40(36-35-39-45(3,4)5)42(47)43-38-34-32-30-28-26-24-21-19-17-15-13-11-9-7-2/h20,22,40H,6-19,21,23-39H2,1-5H3,(H-,43,44,46,47)/p+1/b22-20+. The molecule has 0 spiro atoms. The summed E-state index contributed by atoms with van der Waals surface area (Å²) in [6.45, 7) is 6.26. The van der Waals surface area contributed by atoms with E-state index >= 15 is 0 Å². The molecular formula is C42H84N3O2+. The van der Waals surface area contributed by atoms with E-state index in [1.807, 2.05) is 0 Å². The summed E-state index contributed by atoms with van der Waals surface area (Å²) in [6, 6.07) is -0.413. The number of nitrogens with one attached hydrogen (secondary N) is 2. The van der Waals surface area contributed by atoms with Gasteiger partial charge in [0.15, 0.2) is 0 Å². The molecule has 0 aliphatic rings. The minimum atomic E-state index is -0.413. The van der Waals surface area contributed by atoms with Gasteiger partial charge in [0.2, 0.25) is 11.8 Å². The lowest BCUT2D eigenvalue weighted by Gasteiger charge is -2.25. The molecule has 0 aromatic heterocycles. The van der Waals surface area contributed by atoms with Crippen molar-refractivity contribution in [2.45, 2.75) is 213 Å². The fourth-order valence-corrected chi connectivity index (χ4v) is 6.32. The van der Waals surface area contributed by atoms with Crippen molar-refractivity contribution in [1.82, 2.24) is 10.6 Å². The van der Waals surface area contributed by atoms with Gasteiger partial charge in [0, 0.05) is 13.0 Å². The van der Waals surface area contributed by atoms with E-state index in [0.717, 1.165) is 36.7 Å². The van der Waals surface area contributed by atoms with E-state index in [4.69, 9.17) is 0 Å². The quantitative estimate of drug-likeness (QED) is 0.0398. The highest BCUT2D eigenvalue weighted by Crippen LogP contribution is 2.14. The first-order valence-electron chi connectivity index (χ1n) is 20.8. The molecule has 0 fully saturated rings. The van der Waals surface area contributed by atoms with Crippen LogP contribution in [0, 0.1) is 0 Å². The molecule has 0 rings (SSSR count). The van der Waals surface area contributed by atoms with Crippen LogP contribution in [0.4, 0.5) is 0 Å². The van der Waals surface area contributed by atoms with Crippen molar-refractivity contribution in [3.63, 3.8) is 0 Å². The Morgan fingerprint density at radius 2 is 0.936 bits per heavy atom. The van der Waals surface area contributed by atoms with E-state index in [2.05, 4.69) is 57.8 Å². The van der Waals surface area contributed by atoms with Gasteiger partial charge in [-0.05, 0) is 51.4 Å². The van der Waals surface area contributed by atoms with E-state index in [1.54, 1.807) is 0 Å². The Kier molecular flexibility index (Phi) is 33.5. The Balaban J connectivity index is 4.02. The van der Waals surface area contributed by atoms with Crippen LogP contribution in [0.2, 0.25) is 0 Å². The van der Waals surface area contributed by atoms with Crippen molar-refractivity contribution in [3.8, 4) is 0 Å². The number of amides is 2. The Bertz CT molecular complexity index is 715. The van der Waals surface area contributed by atoms with Crippen molar-refractivity contribution in [2.75, 3.05) is 34.2 Å². The van der Waals surface area contributed by atoms with Gasteiger partial charge < -0.3 is 15.1 Å². The van der Waals surface area contributed by atoms with Crippen LogP contribution in [0.1, 0.15) is 206 Å². The van der Waals surface area contributed by atoms with Gasteiger partial charge in [0.05, 0.1) is 27.7 Å². The topological polar surface area (TPSA) is 58.2 Å². The van der Waals surface area contributed by atoms with Crippen LogP contribution in [-0.2, 0) is 9.59 Å². The first kappa shape index (κ1) is 45.6. The molecule has 47 heavy (non-hydrogen) atoms. The third kappa shape index (κ3) is 35.8. The maximum Gasteiger partial charge on any atom is 0.242 e. The molecule has 0 aromatic rings. The predicted molar refractivity (Wildman–Crippen MR) is 207 cm³/mol. The molecule has 0 radical (unpaired) electrons. The van der Waals surface area contributed by atoms with Crippen molar-refractivity contribution in [3.05, 3.63) is 12.2 Å². The van der Waals surface area contributed by atoms with Gasteiger partial charge in [0.25, 0.3) is 0 Å². The van der Waals surface area contributed by atoms with Crippen molar-refractivity contribution >= 4 is 11.8 Å². The maximum absolute atomic E-state index is 13.0. The first-order valence-corrected chi connectivity index (χ1v) is 20.8. The predicted octanol–water partition coefficient (Wildman–Crippen LogP) is 11.6. The second-order valence-corrected chi connectivity index (χ2v) is 15.5. The molecule has 0 saturated heterocycles. The highest BCUT2D eigenvalue weighted by molar-refractivity contribution is 5.87. The van der Waals surface area contributed by atoms with E-state index < -0.39 is 6.04 Å². The van der Waals surface area contributed by atoms with Gasteiger partial charge in [-0.1, -0.05) is 161 Å². The molecule has 1 unspecified atom stereocenters. The van der Waals surface area contributed by atoms with Crippen LogP contribution in [0.25, 0.3) is 0 Å². The molecule has 0 bridgehead atoms. The van der Waals surface area contributed by atoms with E-state index in [0.29, 0.717) is 19.4 Å². The molecule has 0 aliphatic carbocycles. The summed E-state index contributed by atoms with van der Waals surface area (Å²) in [5, 5.41) is 6.22. The molecule has 5 nitrogen and oxygen atoms in total. The molecule has 0 aliphatic heterocycles. The molecule has 1 atom stereocenters. The lowest BCUT2D eigenvalue weighted by Crippen LogP contribution is -2.47. The lowest BCUT2D eigenvalue weighted by atomic mass is 10.0. The smallest absolute Gasteiger partial charge is 0.242 e. The van der Waals surface area contributed by atoms with E-state index in [-0.39, 0.29) is 11.8 Å². The zero-order valence-corrected chi connectivity index (χ0v) is 32.6. The Hall–Kier alpha value is -1.36. The van der Waals surface area contributed by atoms with Gasteiger partial charge >= 0.3 is 0 Å². The monoisotopic (exact) mass is 663 g/mol. The molecular weight excluding hydrogens is 578 g/mol. The highest BCUT2D eigenvalue weighted by Gasteiger charge is 2.21. The van der Waals surface area contributed by atoms with Crippen LogP contribution in [0.15, 0.2) is 12.2 Å². The Labute approximate surface area is 294 Å². The number of hydrogen-bond acceptors (Lipinski definition) is 2. The van der Waals surface area contributed by atoms with Crippen LogP contribution < -0.4 is 10.6 Å². The fraction of sp³-hybridized carbons (Fsp3) is 0.905. The second-order valence-electron chi connectivity index (χ2n) is 15.5. The maximum atomic E-state index is 13.0. The zero-order valence-electron chi connectivity index (χ0n) is 32.6. The van der Waals surface area contributed by atoms with Gasteiger partial charge in [-0.15, -0.1) is 0 Å². The highest BCUT2D eigenvalue weighted by atomic mass is 16.2. The summed E-state index contributed by atoms with van der Waals surface area (Å²) in [5.74, 6) is 0.0310. The number of carbonyl (C=O) groups is 2. The van der Waals surface area contributed by atoms with Crippen molar-refractivity contribution in [1.29, 1.82) is 0 Å². The van der Waals surface area contributed by atoms with Gasteiger partial charge in [0.1, 0.15) is 6.04 Å². The third-order valence-corrected chi connectivity index (χ3v) is 9.47. The van der Waals surface area contributed by atoms with Crippen molar-refractivity contribution in [2.24, 2.45) is 0 Å². The minimum absolute atomic E-state index is 0.000925. The average Bonchev–Trinajstić information content (AvgIpc) is 3.03. The summed E-state index contributed by atoms with van der Waals surface area (Å²) >= 11 is 0. The molecule has 0 aromatic carbocycles. The number of allylic oxidation sites excluding steroid dienone is 2. The molecule has 2 amide bonds. The molecule has 0 saturated carbocycles. The minimum Gasteiger partial charge on any atom is -0.354 e. The third-order valence-electron chi connectivity index (χ3n) is 9.47. The summed E-state index contributed by atoms with van der Waals surface area (Å²) in [7, 11) is 6.53. The lowest BCUT2D eigenvalue weighted by molar-refractivity contribution is -0.870. The second kappa shape index (κ2) is 34.5. The van der Waals surface area contributed by atoms with Gasteiger partial charge in [-0.25, -0.2) is 0 Å². The average molecular weight is 663 g/mol. The fourth-order valence-electron chi connectivity index (χ4n) is 6.32. The van der Waals surface area contributed by atoms with Gasteiger partial charge in [-0.3, -0.25) is 9.59 Å². The normalized spacial score (nSPS) is 12.5. The number of hydrogen-bond donors (Lipinski definition) is 2. The largest absolute Gasteiger partial charge is 0.354 e. The summed E-state index contributed by atoms with van der Waals surface area (Å²) in [6.07, 6.45) is 41.9. The number of unbranched alkanes of at least 4 members (excludes halogenated alkanes) is 24. The first-order chi connectivity index (χ1) is 22.8. The van der Waals surface area contributed by atoms with Crippen LogP contribution in [-0.4, -0.2) is 56.6 Å². The summed E-state index contributed by atoms with van der Waals surface area (Å²) in [5.41, 5.74) is 0. The number of nitrogens with zero attached hydrogens (tertiary/aromatic N) is 1. The number of quaternary nitrogens is 1. The molecule has 278 valence electrons. The van der Waals surface area contributed by atoms with Gasteiger partial charge in [-0.2, -0.15) is 0 Å². The van der Waals surface area contributed by atoms with E-state index in [9.17, 15) is 9.59 Å². The number of carbonyl (C=O) groups excluding carboxylic acids is 2. The molecule has 0 heterocycles. The van der Waals surface area contributed by atoms with Crippen molar-refractivity contribution < 1.29 is 14.1 Å². The van der Waals surface area contributed by atoms with Crippen LogP contribution in [0.3, 0.4) is 0 Å². The number of rotatable bonds is 36. The Morgan fingerprint density at radius 1 is 0.532 bits per heavy atom. The van der Waals surface area contributed by atoms with E-state index in [1.165, 1.54) is 154 Å². The summed E-state index contributed by atoms with van der Waals surface area (Å²) in [4.78, 5) is 25.8. The van der Waals surface area contributed by atoms with Crippen LogP contribution >= 0.6 is 0 Å². The molecule has 2 N–H and O–H groups in total. The SMILES string of the molecule is CCCCCCCC/C=C/CCCCCCCC(=O)NC(CCC[N+](C)(C)C)C(=O)NCCCCCCCCCCCCCCCC. The molecule has 5 heteroatoms.